The monoisotopic (exact) mass is 517 g/mol. The molecule has 194 valence electrons. The molecule has 0 spiro atoms. The molecule has 0 bridgehead atoms. The zero-order valence-electron chi connectivity index (χ0n) is 17.3. The first-order chi connectivity index (χ1) is 15.8. The van der Waals surface area contributed by atoms with E-state index in [0.717, 1.165) is 17.2 Å². The molecule has 18 heteroatoms. The number of aliphatic hydroxyl groups is 11. The number of ketones is 1. The van der Waals surface area contributed by atoms with Gasteiger partial charge in [-0.2, -0.15) is 0 Å². The molecule has 0 aliphatic rings. The Morgan fingerprint density at radius 1 is 0.800 bits per heavy atom. The SMILES string of the molecule is Nc1ncnc2c1ncn2C(O)[C@@H](O)[C@@H](O)[C@H](O)[C@H](O)C(O)C(=O)[C@H](O)[C@@H](O)[C@H](O)[C@H](O)CO.[NaH]. The number of nitrogens with zero attached hydrogens (tertiary/aromatic N) is 4. The topological polar surface area (TPSA) is 309 Å². The van der Waals surface area contributed by atoms with Crippen molar-refractivity contribution in [2.75, 3.05) is 12.3 Å². The van der Waals surface area contributed by atoms with Crippen LogP contribution >= 0.6 is 0 Å². The molecule has 0 amide bonds. The first-order valence-corrected chi connectivity index (χ1v) is 9.73. The standard InChI is InChI=1S/C17H27N5O12.Na.H/c18-15-5-16(20-2-19-15)22(3-21-5)17(34)14(33)13(32)12(31)11(30)10(29)9(28)8(27)7(26)6(25)4(24)1-23;;/h2-4,6-8,10-14,17,23-27,29-34H,1H2,(H2,18,19,20);;/t4-,6-,7+,8-,10?,11-,12-,13+,14+,17?;;/m1../s1. The Kier molecular flexibility index (Phi) is 11.9. The second kappa shape index (κ2) is 13.2. The second-order valence-corrected chi connectivity index (χ2v) is 7.48. The van der Waals surface area contributed by atoms with Crippen LogP contribution in [-0.2, 0) is 4.79 Å². The normalized spacial score (nSPS) is 20.5. The number of aromatic nitrogens is 4. The number of carbonyl (C=O) groups is 1. The maximum absolute atomic E-state index is 12.1. The zero-order valence-corrected chi connectivity index (χ0v) is 17.3. The summed E-state index contributed by atoms with van der Waals surface area (Å²) in [6.07, 6.45) is -21.6. The number of carbonyl (C=O) groups excluding carboxylic acids is 1. The van der Waals surface area contributed by atoms with E-state index >= 15 is 0 Å². The Balaban J connectivity index is 0.00000612. The summed E-state index contributed by atoms with van der Waals surface area (Å²) in [5.74, 6) is -1.79. The number of hydrogen-bond acceptors (Lipinski definition) is 16. The van der Waals surface area contributed by atoms with Gasteiger partial charge in [-0.25, -0.2) is 15.0 Å². The van der Waals surface area contributed by atoms with Crippen LogP contribution in [0, 0.1) is 0 Å². The summed E-state index contributed by atoms with van der Waals surface area (Å²) in [5.41, 5.74) is 5.60. The average molecular weight is 517 g/mol. The van der Waals surface area contributed by atoms with Crippen molar-refractivity contribution in [3.8, 4) is 0 Å². The van der Waals surface area contributed by atoms with Gasteiger partial charge in [-0.1, -0.05) is 0 Å². The molecule has 2 unspecified atom stereocenters. The Morgan fingerprint density at radius 2 is 1.31 bits per heavy atom. The minimum absolute atomic E-state index is 0. The van der Waals surface area contributed by atoms with Gasteiger partial charge in [0.25, 0.3) is 0 Å². The van der Waals surface area contributed by atoms with E-state index in [4.69, 9.17) is 10.8 Å². The summed E-state index contributed by atoms with van der Waals surface area (Å²) in [6, 6.07) is 0. The van der Waals surface area contributed by atoms with E-state index in [2.05, 4.69) is 15.0 Å². The number of fused-ring (bicyclic) bond motifs is 1. The molecule has 0 saturated carbocycles. The van der Waals surface area contributed by atoms with E-state index in [-0.39, 0.29) is 46.5 Å². The quantitative estimate of drug-likeness (QED) is 0.116. The number of nitrogens with two attached hydrogens (primary N) is 1. The molecule has 17 nitrogen and oxygen atoms in total. The van der Waals surface area contributed by atoms with Crippen molar-refractivity contribution in [3.63, 3.8) is 0 Å². The van der Waals surface area contributed by atoms with Crippen molar-refractivity contribution in [2.45, 2.75) is 61.2 Å². The molecule has 13 N–H and O–H groups in total. The molecule has 10 atom stereocenters. The van der Waals surface area contributed by atoms with Crippen LogP contribution in [0.3, 0.4) is 0 Å². The molecule has 2 rings (SSSR count). The van der Waals surface area contributed by atoms with Crippen LogP contribution in [-0.4, -0.2) is 173 Å². The third-order valence-corrected chi connectivity index (χ3v) is 5.19. The van der Waals surface area contributed by atoms with E-state index in [1.165, 1.54) is 0 Å². The van der Waals surface area contributed by atoms with Gasteiger partial charge in [-0.05, 0) is 0 Å². The second-order valence-electron chi connectivity index (χ2n) is 7.48. The number of nitrogen functional groups attached to an aromatic ring is 1. The average Bonchev–Trinajstić information content (AvgIpc) is 3.28. The van der Waals surface area contributed by atoms with E-state index in [1.54, 1.807) is 0 Å². The van der Waals surface area contributed by atoms with Gasteiger partial charge in [0.1, 0.15) is 66.8 Å². The fourth-order valence-electron chi connectivity index (χ4n) is 3.03. The fourth-order valence-corrected chi connectivity index (χ4v) is 3.03. The van der Waals surface area contributed by atoms with E-state index in [9.17, 15) is 55.9 Å². The number of hydrogen-bond donors (Lipinski definition) is 12. The molecule has 0 aliphatic carbocycles. The molecule has 0 radical (unpaired) electrons. The van der Waals surface area contributed by atoms with E-state index < -0.39 is 73.6 Å². The molecule has 0 aromatic carbocycles. The summed E-state index contributed by atoms with van der Waals surface area (Å²) >= 11 is 0. The van der Waals surface area contributed by atoms with Crippen LogP contribution in [0.4, 0.5) is 5.82 Å². The van der Waals surface area contributed by atoms with Crippen molar-refractivity contribution in [2.24, 2.45) is 0 Å². The minimum atomic E-state index is -2.67. The van der Waals surface area contributed by atoms with Gasteiger partial charge in [0.15, 0.2) is 23.5 Å². The summed E-state index contributed by atoms with van der Waals surface area (Å²) in [6.45, 7) is -1.04. The molecule has 2 aromatic heterocycles. The zero-order chi connectivity index (χ0) is 25.9. The number of aliphatic hydroxyl groups excluding tert-OH is 11. The first-order valence-electron chi connectivity index (χ1n) is 9.73. The number of imidazole rings is 1. The van der Waals surface area contributed by atoms with Crippen LogP contribution in [0.2, 0.25) is 0 Å². The van der Waals surface area contributed by atoms with Gasteiger partial charge >= 0.3 is 29.6 Å². The van der Waals surface area contributed by atoms with E-state index in [1.807, 2.05) is 0 Å². The van der Waals surface area contributed by atoms with Crippen molar-refractivity contribution >= 4 is 52.3 Å². The summed E-state index contributed by atoms with van der Waals surface area (Å²) < 4.78 is 0.857. The predicted molar refractivity (Wildman–Crippen MR) is 114 cm³/mol. The molecule has 35 heavy (non-hydrogen) atoms. The molecule has 0 aliphatic heterocycles. The predicted octanol–water partition coefficient (Wildman–Crippen LogP) is -7.94. The maximum atomic E-state index is 12.1. The van der Waals surface area contributed by atoms with Crippen molar-refractivity contribution in [1.82, 2.24) is 19.5 Å². The molecule has 2 heterocycles. The molecular formula is C17H28N5NaO12. The van der Waals surface area contributed by atoms with E-state index in [0.29, 0.717) is 0 Å². The third-order valence-electron chi connectivity index (χ3n) is 5.19. The first kappa shape index (κ1) is 31.6. The van der Waals surface area contributed by atoms with Gasteiger partial charge < -0.3 is 61.9 Å². The third kappa shape index (κ3) is 6.67. The van der Waals surface area contributed by atoms with Crippen LogP contribution < -0.4 is 5.73 Å². The molecule has 2 aromatic rings. The van der Waals surface area contributed by atoms with Crippen molar-refractivity contribution in [1.29, 1.82) is 0 Å². The Labute approximate surface area is 218 Å². The summed E-state index contributed by atoms with van der Waals surface area (Å²) in [5, 5.41) is 108. The number of rotatable bonds is 12. The van der Waals surface area contributed by atoms with Crippen LogP contribution in [0.25, 0.3) is 11.2 Å². The molecule has 0 fully saturated rings. The Bertz CT molecular complexity index is 969. The van der Waals surface area contributed by atoms with Crippen molar-refractivity contribution in [3.05, 3.63) is 12.7 Å². The summed E-state index contributed by atoms with van der Waals surface area (Å²) in [4.78, 5) is 23.5. The summed E-state index contributed by atoms with van der Waals surface area (Å²) in [7, 11) is 0. The molecular weight excluding hydrogens is 489 g/mol. The van der Waals surface area contributed by atoms with Gasteiger partial charge in [0.05, 0.1) is 12.9 Å². The Morgan fingerprint density at radius 3 is 1.86 bits per heavy atom. The molecule has 0 saturated heterocycles. The fraction of sp³-hybridized carbons (Fsp3) is 0.647. The van der Waals surface area contributed by atoms with Gasteiger partial charge in [-0.15, -0.1) is 0 Å². The number of anilines is 1. The van der Waals surface area contributed by atoms with Gasteiger partial charge in [0.2, 0.25) is 0 Å². The van der Waals surface area contributed by atoms with Crippen molar-refractivity contribution < 1.29 is 61.0 Å². The van der Waals surface area contributed by atoms with Crippen LogP contribution in [0.5, 0.6) is 0 Å². The Hall–Kier alpha value is -1.42. The number of Topliss-reactive ketones (excluding diaryl/α,β-unsaturated/α-hetero) is 1. The van der Waals surface area contributed by atoms with Gasteiger partial charge in [0, 0.05) is 0 Å². The van der Waals surface area contributed by atoms with Crippen LogP contribution in [0.1, 0.15) is 6.23 Å². The van der Waals surface area contributed by atoms with Crippen LogP contribution in [0.15, 0.2) is 12.7 Å². The van der Waals surface area contributed by atoms with Gasteiger partial charge in [-0.3, -0.25) is 9.36 Å².